The predicted octanol–water partition coefficient (Wildman–Crippen LogP) is 3.05. The lowest BCUT2D eigenvalue weighted by atomic mass is 10.2. The van der Waals surface area contributed by atoms with Gasteiger partial charge in [0.15, 0.2) is 0 Å². The van der Waals surface area contributed by atoms with Crippen molar-refractivity contribution < 1.29 is 4.79 Å². The molecule has 5 heteroatoms. The quantitative estimate of drug-likeness (QED) is 0.941. The molecule has 0 saturated heterocycles. The summed E-state index contributed by atoms with van der Waals surface area (Å²) in [5, 5.41) is 3.28. The molecule has 0 atom stereocenters. The molecule has 1 heterocycles. The van der Waals surface area contributed by atoms with Gasteiger partial charge in [0, 0.05) is 23.5 Å². The number of benzene rings is 1. The van der Waals surface area contributed by atoms with Crippen molar-refractivity contribution in [3.05, 3.63) is 58.9 Å². The molecule has 1 aromatic carbocycles. The summed E-state index contributed by atoms with van der Waals surface area (Å²) in [7, 11) is 4.03. The molecule has 0 aliphatic rings. The maximum Gasteiger partial charge on any atom is 0.274 e. The minimum atomic E-state index is -0.271. The van der Waals surface area contributed by atoms with Crippen LogP contribution in [-0.2, 0) is 6.54 Å². The highest BCUT2D eigenvalue weighted by Crippen LogP contribution is 2.13. The van der Waals surface area contributed by atoms with Crippen molar-refractivity contribution in [2.45, 2.75) is 6.54 Å². The van der Waals surface area contributed by atoms with Gasteiger partial charge in [0.1, 0.15) is 5.69 Å². The molecule has 104 valence electrons. The fourth-order valence-corrected chi connectivity index (χ4v) is 1.94. The number of halogens is 1. The van der Waals surface area contributed by atoms with Gasteiger partial charge < -0.3 is 10.2 Å². The standard InChI is InChI=1S/C15H16ClN3O/c1-19(2)10-11-3-5-13(6-4-11)18-15(20)14-9-12(16)7-8-17-14/h3-9H,10H2,1-2H3,(H,18,20). The van der Waals surface area contributed by atoms with E-state index < -0.39 is 0 Å². The number of anilines is 1. The highest BCUT2D eigenvalue weighted by Gasteiger charge is 2.08. The molecular formula is C15H16ClN3O. The number of rotatable bonds is 4. The van der Waals surface area contributed by atoms with Crippen LogP contribution in [-0.4, -0.2) is 29.9 Å². The zero-order chi connectivity index (χ0) is 14.5. The van der Waals surface area contributed by atoms with Crippen molar-refractivity contribution >= 4 is 23.2 Å². The molecule has 0 spiro atoms. The average molecular weight is 290 g/mol. The van der Waals surface area contributed by atoms with E-state index in [0.29, 0.717) is 10.7 Å². The van der Waals surface area contributed by atoms with Gasteiger partial charge in [0.25, 0.3) is 5.91 Å². The third-order valence-corrected chi connectivity index (χ3v) is 2.90. The Morgan fingerprint density at radius 1 is 1.25 bits per heavy atom. The molecule has 0 unspecified atom stereocenters. The van der Waals surface area contributed by atoms with Gasteiger partial charge in [0.05, 0.1) is 0 Å². The van der Waals surface area contributed by atoms with Crippen LogP contribution in [0.2, 0.25) is 5.02 Å². The summed E-state index contributed by atoms with van der Waals surface area (Å²) >= 11 is 5.84. The molecule has 0 saturated carbocycles. The van der Waals surface area contributed by atoms with Crippen LogP contribution in [0.5, 0.6) is 0 Å². The number of nitrogens with one attached hydrogen (secondary N) is 1. The zero-order valence-corrected chi connectivity index (χ0v) is 12.2. The Hall–Kier alpha value is -1.91. The van der Waals surface area contributed by atoms with E-state index in [2.05, 4.69) is 15.2 Å². The second-order valence-electron chi connectivity index (χ2n) is 4.75. The van der Waals surface area contributed by atoms with E-state index in [0.717, 1.165) is 12.2 Å². The third kappa shape index (κ3) is 4.05. The summed E-state index contributed by atoms with van der Waals surface area (Å²) < 4.78 is 0. The predicted molar refractivity (Wildman–Crippen MR) is 81.0 cm³/mol. The minimum Gasteiger partial charge on any atom is -0.321 e. The first-order chi connectivity index (χ1) is 9.54. The van der Waals surface area contributed by atoms with Crippen molar-refractivity contribution in [2.75, 3.05) is 19.4 Å². The zero-order valence-electron chi connectivity index (χ0n) is 11.4. The van der Waals surface area contributed by atoms with E-state index in [-0.39, 0.29) is 5.91 Å². The summed E-state index contributed by atoms with van der Waals surface area (Å²) in [5.74, 6) is -0.271. The van der Waals surface area contributed by atoms with Gasteiger partial charge in [-0.05, 0) is 43.9 Å². The molecule has 1 aromatic heterocycles. The number of hydrogen-bond donors (Lipinski definition) is 1. The van der Waals surface area contributed by atoms with Crippen LogP contribution in [0.25, 0.3) is 0 Å². The van der Waals surface area contributed by atoms with Crippen LogP contribution in [0.4, 0.5) is 5.69 Å². The Morgan fingerprint density at radius 2 is 1.95 bits per heavy atom. The van der Waals surface area contributed by atoms with Gasteiger partial charge in [-0.15, -0.1) is 0 Å². The first-order valence-corrected chi connectivity index (χ1v) is 6.59. The molecule has 0 radical (unpaired) electrons. The van der Waals surface area contributed by atoms with E-state index in [4.69, 9.17) is 11.6 Å². The van der Waals surface area contributed by atoms with Crippen molar-refractivity contribution in [1.82, 2.24) is 9.88 Å². The monoisotopic (exact) mass is 289 g/mol. The van der Waals surface area contributed by atoms with Crippen LogP contribution in [0.15, 0.2) is 42.6 Å². The summed E-state index contributed by atoms with van der Waals surface area (Å²) in [6.07, 6.45) is 1.51. The van der Waals surface area contributed by atoms with Crippen LogP contribution in [0.3, 0.4) is 0 Å². The fourth-order valence-electron chi connectivity index (χ4n) is 1.78. The second-order valence-corrected chi connectivity index (χ2v) is 5.18. The summed E-state index contributed by atoms with van der Waals surface area (Å²) in [5.41, 5.74) is 2.23. The Morgan fingerprint density at radius 3 is 2.55 bits per heavy atom. The van der Waals surface area contributed by atoms with Crippen molar-refractivity contribution in [3.8, 4) is 0 Å². The lowest BCUT2D eigenvalue weighted by Crippen LogP contribution is -2.14. The van der Waals surface area contributed by atoms with Crippen LogP contribution >= 0.6 is 11.6 Å². The SMILES string of the molecule is CN(C)Cc1ccc(NC(=O)c2cc(Cl)ccn2)cc1. The fraction of sp³-hybridized carbons (Fsp3) is 0.200. The summed E-state index contributed by atoms with van der Waals surface area (Å²) in [6.45, 7) is 0.865. The number of carbonyl (C=O) groups is 1. The Balaban J connectivity index is 2.04. The van der Waals surface area contributed by atoms with Crippen molar-refractivity contribution in [1.29, 1.82) is 0 Å². The van der Waals surface area contributed by atoms with Crippen LogP contribution < -0.4 is 5.32 Å². The van der Waals surface area contributed by atoms with Crippen LogP contribution in [0.1, 0.15) is 16.1 Å². The lowest BCUT2D eigenvalue weighted by Gasteiger charge is -2.10. The largest absolute Gasteiger partial charge is 0.321 e. The number of pyridine rings is 1. The molecule has 1 N–H and O–H groups in total. The van der Waals surface area contributed by atoms with E-state index in [9.17, 15) is 4.79 Å². The molecule has 2 rings (SSSR count). The van der Waals surface area contributed by atoms with Gasteiger partial charge in [-0.25, -0.2) is 0 Å². The Kier molecular flexibility index (Phi) is 4.71. The second kappa shape index (κ2) is 6.50. The topological polar surface area (TPSA) is 45.2 Å². The smallest absolute Gasteiger partial charge is 0.274 e. The Labute approximate surface area is 123 Å². The number of aromatic nitrogens is 1. The summed E-state index contributed by atoms with van der Waals surface area (Å²) in [6, 6.07) is 10.9. The highest BCUT2D eigenvalue weighted by molar-refractivity contribution is 6.30. The first-order valence-electron chi connectivity index (χ1n) is 6.21. The van der Waals surface area contributed by atoms with Crippen molar-refractivity contribution in [3.63, 3.8) is 0 Å². The van der Waals surface area contributed by atoms with Gasteiger partial charge >= 0.3 is 0 Å². The van der Waals surface area contributed by atoms with Gasteiger partial charge in [-0.3, -0.25) is 9.78 Å². The maximum atomic E-state index is 12.0. The molecule has 4 nitrogen and oxygen atoms in total. The molecular weight excluding hydrogens is 274 g/mol. The third-order valence-electron chi connectivity index (χ3n) is 2.67. The highest BCUT2D eigenvalue weighted by atomic mass is 35.5. The Bertz CT molecular complexity index is 596. The van der Waals surface area contributed by atoms with Crippen LogP contribution in [0, 0.1) is 0 Å². The van der Waals surface area contributed by atoms with E-state index >= 15 is 0 Å². The first kappa shape index (κ1) is 14.5. The van der Waals surface area contributed by atoms with Gasteiger partial charge in [0.2, 0.25) is 0 Å². The normalized spacial score (nSPS) is 10.6. The van der Waals surface area contributed by atoms with E-state index in [1.165, 1.54) is 17.8 Å². The molecule has 0 aliphatic carbocycles. The molecule has 0 bridgehead atoms. The van der Waals surface area contributed by atoms with Gasteiger partial charge in [-0.2, -0.15) is 0 Å². The number of amides is 1. The number of carbonyl (C=O) groups excluding carboxylic acids is 1. The average Bonchev–Trinajstić information content (AvgIpc) is 2.40. The van der Waals surface area contributed by atoms with E-state index in [1.807, 2.05) is 38.4 Å². The number of nitrogens with zero attached hydrogens (tertiary/aromatic N) is 2. The van der Waals surface area contributed by atoms with Gasteiger partial charge in [-0.1, -0.05) is 23.7 Å². The van der Waals surface area contributed by atoms with Crippen molar-refractivity contribution in [2.24, 2.45) is 0 Å². The molecule has 0 aliphatic heterocycles. The minimum absolute atomic E-state index is 0.271. The molecule has 2 aromatic rings. The molecule has 20 heavy (non-hydrogen) atoms. The summed E-state index contributed by atoms with van der Waals surface area (Å²) in [4.78, 5) is 18.1. The molecule has 0 fully saturated rings. The van der Waals surface area contributed by atoms with E-state index in [1.54, 1.807) is 6.07 Å². The maximum absolute atomic E-state index is 12.0. The number of hydrogen-bond acceptors (Lipinski definition) is 3. The molecule has 1 amide bonds. The lowest BCUT2D eigenvalue weighted by molar-refractivity contribution is 0.102.